The highest BCUT2D eigenvalue weighted by Crippen LogP contribution is 2.30. The Labute approximate surface area is 158 Å². The minimum atomic E-state index is -4.42. The zero-order valence-corrected chi connectivity index (χ0v) is 15.7. The minimum absolute atomic E-state index is 0.158. The van der Waals surface area contributed by atoms with Crippen molar-refractivity contribution in [3.05, 3.63) is 51.7 Å². The van der Waals surface area contributed by atoms with E-state index in [0.29, 0.717) is 24.1 Å². The summed E-state index contributed by atoms with van der Waals surface area (Å²) in [6, 6.07) is 7.76. The minimum Gasteiger partial charge on any atom is -0.459 e. The Morgan fingerprint density at radius 1 is 1.26 bits per heavy atom. The molecule has 5 nitrogen and oxygen atoms in total. The molecular formula is C18H19F3N4OS. The van der Waals surface area contributed by atoms with Gasteiger partial charge in [0.25, 0.3) is 0 Å². The van der Waals surface area contributed by atoms with E-state index in [1.54, 1.807) is 0 Å². The Bertz CT molecular complexity index is 946. The van der Waals surface area contributed by atoms with Crippen molar-refractivity contribution in [3.8, 4) is 0 Å². The Morgan fingerprint density at radius 2 is 2.04 bits per heavy atom. The van der Waals surface area contributed by atoms with E-state index >= 15 is 0 Å². The Kier molecular flexibility index (Phi) is 5.69. The molecule has 0 spiro atoms. The number of para-hydroxylation sites is 1. The number of furan rings is 1. The Hall–Kier alpha value is -2.55. The fraction of sp³-hybridized carbons (Fsp3) is 0.333. The van der Waals surface area contributed by atoms with Gasteiger partial charge in [-0.2, -0.15) is 13.2 Å². The molecule has 0 amide bonds. The molecule has 2 aromatic heterocycles. The van der Waals surface area contributed by atoms with E-state index < -0.39 is 11.9 Å². The molecular weight excluding hydrogens is 377 g/mol. The van der Waals surface area contributed by atoms with E-state index in [1.165, 1.54) is 0 Å². The van der Waals surface area contributed by atoms with E-state index in [-0.39, 0.29) is 6.54 Å². The van der Waals surface area contributed by atoms with Gasteiger partial charge in [-0.3, -0.25) is 0 Å². The van der Waals surface area contributed by atoms with Crippen molar-refractivity contribution >= 4 is 28.3 Å². The zero-order valence-electron chi connectivity index (χ0n) is 14.9. The molecule has 0 saturated heterocycles. The summed E-state index contributed by atoms with van der Waals surface area (Å²) >= 11 is 0.961. The van der Waals surface area contributed by atoms with Crippen molar-refractivity contribution in [3.63, 3.8) is 0 Å². The van der Waals surface area contributed by atoms with Crippen LogP contribution in [0, 0.1) is 6.92 Å². The number of hydrogen-bond acceptors (Lipinski definition) is 4. The number of halogens is 3. The van der Waals surface area contributed by atoms with Crippen LogP contribution < -0.4 is 10.6 Å². The second kappa shape index (κ2) is 7.99. The number of hydrogen-bond donors (Lipinski definition) is 2. The van der Waals surface area contributed by atoms with Gasteiger partial charge < -0.3 is 15.1 Å². The summed E-state index contributed by atoms with van der Waals surface area (Å²) in [5, 5.41) is 8.47. The highest BCUT2D eigenvalue weighted by atomic mass is 32.1. The maximum absolute atomic E-state index is 12.6. The van der Waals surface area contributed by atoms with E-state index in [2.05, 4.69) is 20.6 Å². The molecule has 0 aliphatic carbocycles. The van der Waals surface area contributed by atoms with Gasteiger partial charge in [0.1, 0.15) is 22.9 Å². The van der Waals surface area contributed by atoms with E-state index in [0.717, 1.165) is 39.0 Å². The number of fused-ring (bicyclic) bond motifs is 1. The second-order valence-electron chi connectivity index (χ2n) is 5.82. The van der Waals surface area contributed by atoms with Crippen LogP contribution >= 0.6 is 11.3 Å². The smallest absolute Gasteiger partial charge is 0.434 e. The number of aliphatic imine (C=N–C) groups is 1. The lowest BCUT2D eigenvalue weighted by Gasteiger charge is -2.09. The molecule has 2 N–H and O–H groups in total. The van der Waals surface area contributed by atoms with Gasteiger partial charge in [0.05, 0.1) is 6.54 Å². The summed E-state index contributed by atoms with van der Waals surface area (Å²) in [7, 11) is 0. The fourth-order valence-corrected chi connectivity index (χ4v) is 3.29. The van der Waals surface area contributed by atoms with Crippen molar-refractivity contribution in [1.29, 1.82) is 0 Å². The number of aryl methyl sites for hydroxylation is 1. The lowest BCUT2D eigenvalue weighted by Crippen LogP contribution is -2.36. The molecule has 0 aliphatic rings. The van der Waals surface area contributed by atoms with Crippen LogP contribution in [-0.2, 0) is 19.3 Å². The summed E-state index contributed by atoms with van der Waals surface area (Å²) in [5.74, 6) is 1.24. The van der Waals surface area contributed by atoms with Crippen molar-refractivity contribution in [2.45, 2.75) is 33.1 Å². The number of thiazole rings is 1. The topological polar surface area (TPSA) is 62.5 Å². The van der Waals surface area contributed by atoms with Gasteiger partial charge in [0.2, 0.25) is 0 Å². The normalized spacial score (nSPS) is 12.6. The van der Waals surface area contributed by atoms with Crippen molar-refractivity contribution in [2.24, 2.45) is 4.99 Å². The quantitative estimate of drug-likeness (QED) is 0.493. The van der Waals surface area contributed by atoms with Crippen LogP contribution in [0.25, 0.3) is 11.0 Å². The summed E-state index contributed by atoms with van der Waals surface area (Å²) in [5.41, 5.74) is 0.963. The van der Waals surface area contributed by atoms with Crippen LogP contribution in [-0.4, -0.2) is 17.5 Å². The molecule has 0 radical (unpaired) electrons. The SMILES string of the molecule is CCNC(=NCc1oc2ccccc2c1C)NCc1nc(C(F)(F)F)cs1. The van der Waals surface area contributed by atoms with Crippen LogP contribution in [0.5, 0.6) is 0 Å². The third kappa shape index (κ3) is 4.60. The molecule has 0 unspecified atom stereocenters. The molecule has 2 heterocycles. The van der Waals surface area contributed by atoms with Gasteiger partial charge in [-0.25, -0.2) is 9.98 Å². The van der Waals surface area contributed by atoms with Crippen LogP contribution in [0.3, 0.4) is 0 Å². The van der Waals surface area contributed by atoms with Crippen LogP contribution in [0.15, 0.2) is 39.1 Å². The first kappa shape index (κ1) is 19.2. The molecule has 27 heavy (non-hydrogen) atoms. The first-order valence-corrected chi connectivity index (χ1v) is 9.27. The monoisotopic (exact) mass is 396 g/mol. The van der Waals surface area contributed by atoms with Crippen molar-refractivity contribution < 1.29 is 17.6 Å². The Balaban J connectivity index is 1.69. The molecule has 9 heteroatoms. The standard InChI is InChI=1S/C18H19F3N4OS/c1-3-22-17(24-9-16-25-15(10-27-16)18(19,20)21)23-8-14-11(2)12-6-4-5-7-13(12)26-14/h4-7,10H,3,8-9H2,1-2H3,(H2,22,23,24). The molecule has 0 saturated carbocycles. The Morgan fingerprint density at radius 3 is 2.70 bits per heavy atom. The average molecular weight is 396 g/mol. The number of alkyl halides is 3. The number of rotatable bonds is 5. The van der Waals surface area contributed by atoms with Gasteiger partial charge in [-0.1, -0.05) is 18.2 Å². The summed E-state index contributed by atoms with van der Waals surface area (Å²) in [6.07, 6.45) is -4.42. The van der Waals surface area contributed by atoms with Gasteiger partial charge in [-0.15, -0.1) is 11.3 Å². The van der Waals surface area contributed by atoms with E-state index in [1.807, 2.05) is 38.1 Å². The fourth-order valence-electron chi connectivity index (χ4n) is 2.55. The largest absolute Gasteiger partial charge is 0.459 e. The molecule has 144 valence electrons. The predicted molar refractivity (Wildman–Crippen MR) is 99.7 cm³/mol. The van der Waals surface area contributed by atoms with Gasteiger partial charge in [0, 0.05) is 22.9 Å². The maximum Gasteiger partial charge on any atom is 0.434 e. The number of nitrogens with zero attached hydrogens (tertiary/aromatic N) is 2. The third-order valence-electron chi connectivity index (χ3n) is 3.92. The van der Waals surface area contributed by atoms with E-state index in [9.17, 15) is 13.2 Å². The number of benzene rings is 1. The first-order chi connectivity index (χ1) is 12.9. The van der Waals surface area contributed by atoms with Gasteiger partial charge in [-0.05, 0) is 19.9 Å². The van der Waals surface area contributed by atoms with Crippen LogP contribution in [0.2, 0.25) is 0 Å². The number of guanidine groups is 1. The summed E-state index contributed by atoms with van der Waals surface area (Å²) in [4.78, 5) is 8.07. The molecule has 3 aromatic rings. The van der Waals surface area contributed by atoms with Crippen molar-refractivity contribution in [2.75, 3.05) is 6.54 Å². The zero-order chi connectivity index (χ0) is 19.4. The number of nitrogens with one attached hydrogen (secondary N) is 2. The van der Waals surface area contributed by atoms with Crippen LogP contribution in [0.1, 0.15) is 28.9 Å². The predicted octanol–water partition coefficient (Wildman–Crippen LogP) is 4.47. The molecule has 3 rings (SSSR count). The summed E-state index contributed by atoms with van der Waals surface area (Å²) in [6.45, 7) is 4.99. The third-order valence-corrected chi connectivity index (χ3v) is 4.77. The first-order valence-electron chi connectivity index (χ1n) is 8.39. The van der Waals surface area contributed by atoms with Gasteiger partial charge in [0.15, 0.2) is 11.7 Å². The highest BCUT2D eigenvalue weighted by molar-refractivity contribution is 7.09. The lowest BCUT2D eigenvalue weighted by atomic mass is 10.1. The van der Waals surface area contributed by atoms with Crippen LogP contribution in [0.4, 0.5) is 13.2 Å². The molecule has 0 bridgehead atoms. The molecule has 1 aromatic carbocycles. The second-order valence-corrected chi connectivity index (χ2v) is 6.76. The van der Waals surface area contributed by atoms with E-state index in [4.69, 9.17) is 4.42 Å². The van der Waals surface area contributed by atoms with Gasteiger partial charge >= 0.3 is 6.18 Å². The lowest BCUT2D eigenvalue weighted by molar-refractivity contribution is -0.140. The van der Waals surface area contributed by atoms with Crippen molar-refractivity contribution in [1.82, 2.24) is 15.6 Å². The molecule has 0 fully saturated rings. The number of aromatic nitrogens is 1. The average Bonchev–Trinajstić information content (AvgIpc) is 3.23. The molecule has 0 aliphatic heterocycles. The summed E-state index contributed by atoms with van der Waals surface area (Å²) < 4.78 is 43.7. The highest BCUT2D eigenvalue weighted by Gasteiger charge is 2.33. The maximum atomic E-state index is 12.6. The molecule has 0 atom stereocenters.